The van der Waals surface area contributed by atoms with E-state index in [0.717, 1.165) is 4.57 Å². The van der Waals surface area contributed by atoms with Crippen LogP contribution in [-0.2, 0) is 6.54 Å². The Morgan fingerprint density at radius 1 is 1.12 bits per heavy atom. The molecule has 1 N–H and O–H groups in total. The second-order valence-electron chi connectivity index (χ2n) is 3.43. The summed E-state index contributed by atoms with van der Waals surface area (Å²) >= 11 is 0. The smallest absolute Gasteiger partial charge is 0.328 e. The van der Waals surface area contributed by atoms with Gasteiger partial charge in [-0.1, -0.05) is 18.2 Å². The highest BCUT2D eigenvalue weighted by molar-refractivity contribution is 5.20. The third-order valence-corrected chi connectivity index (χ3v) is 2.27. The van der Waals surface area contributed by atoms with E-state index in [-0.39, 0.29) is 18.7 Å². The summed E-state index contributed by atoms with van der Waals surface area (Å²) in [6, 6.07) is 10.5. The van der Waals surface area contributed by atoms with E-state index in [1.54, 1.807) is 0 Å². The van der Waals surface area contributed by atoms with Crippen molar-refractivity contribution in [3.8, 4) is 5.75 Å². The summed E-state index contributed by atoms with van der Waals surface area (Å²) in [6.45, 7) is 0.501. The first kappa shape index (κ1) is 11.2. The lowest BCUT2D eigenvalue weighted by molar-refractivity contribution is 0.293. The minimum atomic E-state index is -0.422. The molecule has 0 fully saturated rings. The maximum Gasteiger partial charge on any atom is 0.328 e. The Morgan fingerprint density at radius 2 is 1.88 bits per heavy atom. The van der Waals surface area contributed by atoms with Crippen LogP contribution < -0.4 is 16.0 Å². The molecule has 0 saturated carbocycles. The highest BCUT2D eigenvalue weighted by atomic mass is 16.5. The SMILES string of the molecule is O=c1cc[nH]c(=O)n1CCOc1ccccc1. The lowest BCUT2D eigenvalue weighted by atomic mass is 10.3. The first-order valence-corrected chi connectivity index (χ1v) is 5.24. The number of hydrogen-bond acceptors (Lipinski definition) is 3. The fraction of sp³-hybridized carbons (Fsp3) is 0.167. The molecule has 0 amide bonds. The van der Waals surface area contributed by atoms with Crippen LogP contribution in [-0.4, -0.2) is 16.2 Å². The Balaban J connectivity index is 2.00. The Morgan fingerprint density at radius 3 is 2.59 bits per heavy atom. The van der Waals surface area contributed by atoms with E-state index < -0.39 is 5.69 Å². The first-order chi connectivity index (χ1) is 8.27. The molecule has 0 aliphatic carbocycles. The van der Waals surface area contributed by atoms with E-state index in [0.29, 0.717) is 5.75 Å². The van der Waals surface area contributed by atoms with Gasteiger partial charge >= 0.3 is 5.69 Å². The van der Waals surface area contributed by atoms with Gasteiger partial charge in [-0.25, -0.2) is 4.79 Å². The number of nitrogens with zero attached hydrogens (tertiary/aromatic N) is 1. The van der Waals surface area contributed by atoms with Crippen molar-refractivity contribution in [3.05, 3.63) is 63.4 Å². The number of aromatic amines is 1. The predicted octanol–water partition coefficient (Wildman–Crippen LogP) is 0.616. The van der Waals surface area contributed by atoms with Gasteiger partial charge in [-0.15, -0.1) is 0 Å². The normalized spacial score (nSPS) is 10.1. The molecule has 17 heavy (non-hydrogen) atoms. The van der Waals surface area contributed by atoms with Gasteiger partial charge < -0.3 is 9.72 Å². The van der Waals surface area contributed by atoms with Crippen molar-refractivity contribution < 1.29 is 4.74 Å². The number of ether oxygens (including phenoxy) is 1. The Hall–Kier alpha value is -2.30. The van der Waals surface area contributed by atoms with Crippen LogP contribution in [0.3, 0.4) is 0 Å². The maximum absolute atomic E-state index is 11.4. The monoisotopic (exact) mass is 232 g/mol. The molecular weight excluding hydrogens is 220 g/mol. The van der Waals surface area contributed by atoms with Crippen LogP contribution in [0.25, 0.3) is 0 Å². The van der Waals surface area contributed by atoms with Crippen molar-refractivity contribution in [1.82, 2.24) is 9.55 Å². The summed E-state index contributed by atoms with van der Waals surface area (Å²) in [5.41, 5.74) is -0.750. The van der Waals surface area contributed by atoms with Crippen molar-refractivity contribution >= 4 is 0 Å². The van der Waals surface area contributed by atoms with Gasteiger partial charge in [0.1, 0.15) is 12.4 Å². The summed E-state index contributed by atoms with van der Waals surface area (Å²) in [5, 5.41) is 0. The second-order valence-corrected chi connectivity index (χ2v) is 3.43. The predicted molar refractivity (Wildman–Crippen MR) is 63.3 cm³/mol. The number of H-pyrrole nitrogens is 1. The third-order valence-electron chi connectivity index (χ3n) is 2.27. The topological polar surface area (TPSA) is 64.1 Å². The molecule has 1 aromatic heterocycles. The molecule has 0 aliphatic heterocycles. The second kappa shape index (κ2) is 5.16. The first-order valence-electron chi connectivity index (χ1n) is 5.24. The molecular formula is C12H12N2O3. The summed E-state index contributed by atoms with van der Waals surface area (Å²) in [7, 11) is 0. The summed E-state index contributed by atoms with van der Waals surface area (Å²) in [6.07, 6.45) is 1.33. The van der Waals surface area contributed by atoms with Gasteiger partial charge in [0.2, 0.25) is 0 Å². The molecule has 1 aromatic carbocycles. The minimum Gasteiger partial charge on any atom is -0.492 e. The molecule has 0 saturated heterocycles. The van der Waals surface area contributed by atoms with E-state index >= 15 is 0 Å². The molecule has 0 spiro atoms. The van der Waals surface area contributed by atoms with Gasteiger partial charge in [0.15, 0.2) is 0 Å². The van der Waals surface area contributed by atoms with E-state index in [1.807, 2.05) is 30.3 Å². The van der Waals surface area contributed by atoms with Crippen LogP contribution in [0.15, 0.2) is 52.2 Å². The third kappa shape index (κ3) is 2.84. The number of rotatable bonds is 4. The number of nitrogens with one attached hydrogen (secondary N) is 1. The quantitative estimate of drug-likeness (QED) is 0.840. The zero-order chi connectivity index (χ0) is 12.1. The molecule has 0 radical (unpaired) electrons. The molecule has 0 aliphatic rings. The molecule has 0 unspecified atom stereocenters. The van der Waals surface area contributed by atoms with Crippen LogP contribution in [0.5, 0.6) is 5.75 Å². The van der Waals surface area contributed by atoms with E-state index in [4.69, 9.17) is 4.74 Å². The van der Waals surface area contributed by atoms with Gasteiger partial charge in [0.25, 0.3) is 5.56 Å². The molecule has 2 aromatic rings. The van der Waals surface area contributed by atoms with E-state index in [2.05, 4.69) is 4.98 Å². The molecule has 5 heteroatoms. The summed E-state index contributed by atoms with van der Waals surface area (Å²) in [5.74, 6) is 0.716. The van der Waals surface area contributed by atoms with Crippen molar-refractivity contribution in [2.45, 2.75) is 6.54 Å². The average molecular weight is 232 g/mol. The highest BCUT2D eigenvalue weighted by Gasteiger charge is 1.99. The van der Waals surface area contributed by atoms with Gasteiger partial charge in [-0.3, -0.25) is 9.36 Å². The Bertz CT molecular complexity index is 558. The van der Waals surface area contributed by atoms with Gasteiger partial charge in [0, 0.05) is 12.3 Å². The molecule has 0 atom stereocenters. The highest BCUT2D eigenvalue weighted by Crippen LogP contribution is 2.07. The van der Waals surface area contributed by atoms with Crippen molar-refractivity contribution in [1.29, 1.82) is 0 Å². The van der Waals surface area contributed by atoms with Gasteiger partial charge in [-0.05, 0) is 12.1 Å². The summed E-state index contributed by atoms with van der Waals surface area (Å²) < 4.78 is 6.51. The lowest BCUT2D eigenvalue weighted by Gasteiger charge is -2.06. The van der Waals surface area contributed by atoms with Crippen LogP contribution in [0, 0.1) is 0 Å². The van der Waals surface area contributed by atoms with Crippen LogP contribution in [0.2, 0.25) is 0 Å². The maximum atomic E-state index is 11.4. The number of aromatic nitrogens is 2. The minimum absolute atomic E-state index is 0.226. The number of benzene rings is 1. The molecule has 88 valence electrons. The standard InChI is InChI=1S/C12H12N2O3/c15-11-6-7-13-12(16)14(11)8-9-17-10-4-2-1-3-5-10/h1-7H,8-9H2,(H,13,16). The Kier molecular flexibility index (Phi) is 3.40. The molecule has 1 heterocycles. The van der Waals surface area contributed by atoms with Crippen molar-refractivity contribution in [3.63, 3.8) is 0 Å². The lowest BCUT2D eigenvalue weighted by Crippen LogP contribution is -2.35. The molecule has 2 rings (SSSR count). The van der Waals surface area contributed by atoms with Gasteiger partial charge in [-0.2, -0.15) is 0 Å². The number of para-hydroxylation sites is 1. The average Bonchev–Trinajstić information content (AvgIpc) is 2.34. The zero-order valence-electron chi connectivity index (χ0n) is 9.13. The summed E-state index contributed by atoms with van der Waals surface area (Å²) in [4.78, 5) is 25.1. The van der Waals surface area contributed by atoms with Crippen molar-refractivity contribution in [2.75, 3.05) is 6.61 Å². The van der Waals surface area contributed by atoms with Crippen LogP contribution in [0.4, 0.5) is 0 Å². The number of hydrogen-bond donors (Lipinski definition) is 1. The van der Waals surface area contributed by atoms with Crippen molar-refractivity contribution in [2.24, 2.45) is 0 Å². The van der Waals surface area contributed by atoms with Gasteiger partial charge in [0.05, 0.1) is 6.54 Å². The fourth-order valence-electron chi connectivity index (χ4n) is 1.44. The zero-order valence-corrected chi connectivity index (χ0v) is 9.13. The van der Waals surface area contributed by atoms with E-state index in [9.17, 15) is 9.59 Å². The molecule has 0 bridgehead atoms. The van der Waals surface area contributed by atoms with E-state index in [1.165, 1.54) is 12.3 Å². The fourth-order valence-corrected chi connectivity index (χ4v) is 1.44. The Labute approximate surface area is 97.3 Å². The van der Waals surface area contributed by atoms with Crippen LogP contribution in [0.1, 0.15) is 0 Å². The molecule has 5 nitrogen and oxygen atoms in total. The van der Waals surface area contributed by atoms with Crippen LogP contribution >= 0.6 is 0 Å². The largest absolute Gasteiger partial charge is 0.492 e.